The van der Waals surface area contributed by atoms with E-state index in [-0.39, 0.29) is 23.1 Å². The first-order valence-electron chi connectivity index (χ1n) is 10.3. The molecule has 0 unspecified atom stereocenters. The van der Waals surface area contributed by atoms with Crippen LogP contribution in [0.5, 0.6) is 0 Å². The fourth-order valence-corrected chi connectivity index (χ4v) is 5.00. The number of fused-ring (bicyclic) bond motifs is 1. The first-order chi connectivity index (χ1) is 16.0. The maximum Gasteiger partial charge on any atom is 0.296 e. The molecule has 8 heteroatoms. The third-order valence-electron chi connectivity index (χ3n) is 5.93. The van der Waals surface area contributed by atoms with Gasteiger partial charge in [-0.2, -0.15) is 0 Å². The van der Waals surface area contributed by atoms with E-state index in [1.54, 1.807) is 36.4 Å². The first-order valence-corrected chi connectivity index (χ1v) is 11.1. The van der Waals surface area contributed by atoms with Crippen LogP contribution in [0.15, 0.2) is 78.0 Å². The van der Waals surface area contributed by atoms with Crippen molar-refractivity contribution >= 4 is 35.0 Å². The largest absolute Gasteiger partial charge is 0.394 e. The van der Waals surface area contributed by atoms with Gasteiger partial charge in [0.15, 0.2) is 0 Å². The number of hydrogen-bond acceptors (Lipinski definition) is 4. The molecule has 0 fully saturated rings. The fraction of sp³-hybridized carbons (Fsp3) is 0.200. The van der Waals surface area contributed by atoms with Crippen molar-refractivity contribution in [3.63, 3.8) is 0 Å². The van der Waals surface area contributed by atoms with Crippen LogP contribution in [0.4, 0.5) is 0 Å². The van der Waals surface area contributed by atoms with Crippen LogP contribution in [-0.4, -0.2) is 34.5 Å². The molecule has 0 spiro atoms. The number of rotatable bonds is 6. The molecule has 3 atom stereocenters. The highest BCUT2D eigenvalue weighted by Gasteiger charge is 2.47. The molecule has 0 aliphatic carbocycles. The van der Waals surface area contributed by atoms with Gasteiger partial charge < -0.3 is 10.0 Å². The molecule has 3 aromatic rings. The summed E-state index contributed by atoms with van der Waals surface area (Å²) >= 11 is 12.6. The monoisotopic (exact) mass is 482 g/mol. The van der Waals surface area contributed by atoms with Crippen LogP contribution in [0.2, 0.25) is 10.0 Å². The van der Waals surface area contributed by atoms with Crippen LogP contribution >= 0.6 is 23.2 Å². The molecule has 0 radical (unpaired) electrons. The van der Waals surface area contributed by atoms with E-state index in [1.165, 1.54) is 11.0 Å². The van der Waals surface area contributed by atoms with Gasteiger partial charge in [0.1, 0.15) is 0 Å². The van der Waals surface area contributed by atoms with Gasteiger partial charge in [-0.3, -0.25) is 9.59 Å². The van der Waals surface area contributed by atoms with Crippen molar-refractivity contribution in [3.05, 3.63) is 110 Å². The highest BCUT2D eigenvalue weighted by molar-refractivity contribution is 6.35. The lowest BCUT2D eigenvalue weighted by atomic mass is 9.78. The van der Waals surface area contributed by atoms with Gasteiger partial charge in [-0.05, 0) is 41.3 Å². The Labute approximate surface area is 200 Å². The third kappa shape index (κ3) is 4.42. The van der Waals surface area contributed by atoms with Gasteiger partial charge in [0.05, 0.1) is 24.6 Å². The predicted octanol–water partition coefficient (Wildman–Crippen LogP) is 5.17. The summed E-state index contributed by atoms with van der Waals surface area (Å²) in [6.45, 7) is -0.361. The average molecular weight is 483 g/mol. The molecule has 168 valence electrons. The number of amides is 2. The van der Waals surface area contributed by atoms with Crippen molar-refractivity contribution in [2.24, 2.45) is 5.18 Å². The molecule has 33 heavy (non-hydrogen) atoms. The van der Waals surface area contributed by atoms with Crippen molar-refractivity contribution in [3.8, 4) is 0 Å². The number of nitrogens with zero attached hydrogens (tertiary/aromatic N) is 2. The molecule has 6 nitrogen and oxygen atoms in total. The van der Waals surface area contributed by atoms with E-state index >= 15 is 0 Å². The Balaban J connectivity index is 1.93. The maximum absolute atomic E-state index is 13.8. The Hall–Kier alpha value is -3.06. The van der Waals surface area contributed by atoms with Gasteiger partial charge in [0, 0.05) is 20.8 Å². The molecule has 4 rings (SSSR count). The summed E-state index contributed by atoms with van der Waals surface area (Å²) in [5.74, 6) is -2.38. The Kier molecular flexibility index (Phi) is 6.88. The number of hydrogen-bond donors (Lipinski definition) is 1. The third-order valence-corrected chi connectivity index (χ3v) is 6.49. The quantitative estimate of drug-likeness (QED) is 0.490. The topological polar surface area (TPSA) is 87.0 Å². The van der Waals surface area contributed by atoms with E-state index in [0.29, 0.717) is 22.6 Å². The lowest BCUT2D eigenvalue weighted by Crippen LogP contribution is -2.51. The number of nitroso groups, excluding NO2 is 1. The number of carbonyl (C=O) groups excluding carboxylic acids is 2. The van der Waals surface area contributed by atoms with E-state index in [0.717, 1.165) is 5.56 Å². The summed E-state index contributed by atoms with van der Waals surface area (Å²) in [5.41, 5.74) is 2.03. The summed E-state index contributed by atoms with van der Waals surface area (Å²) in [6, 6.07) is 19.1. The molecule has 2 amide bonds. The van der Waals surface area contributed by atoms with Crippen molar-refractivity contribution in [1.82, 2.24) is 4.90 Å². The summed E-state index contributed by atoms with van der Waals surface area (Å²) in [6.07, 6.45) is 0.336. The van der Waals surface area contributed by atoms with E-state index in [2.05, 4.69) is 5.18 Å². The molecule has 0 bridgehead atoms. The van der Waals surface area contributed by atoms with Crippen molar-refractivity contribution < 1.29 is 14.7 Å². The van der Waals surface area contributed by atoms with E-state index in [4.69, 9.17) is 23.2 Å². The number of benzene rings is 3. The van der Waals surface area contributed by atoms with Gasteiger partial charge in [0.25, 0.3) is 11.8 Å². The van der Waals surface area contributed by atoms with Crippen molar-refractivity contribution in [1.29, 1.82) is 0 Å². The number of aliphatic hydroxyl groups is 1. The summed E-state index contributed by atoms with van der Waals surface area (Å²) in [5, 5.41) is 13.7. The number of halogens is 2. The van der Waals surface area contributed by atoms with E-state index in [1.807, 2.05) is 30.3 Å². The molecular formula is C25H20Cl2N2O4. The van der Waals surface area contributed by atoms with Crippen LogP contribution in [0.1, 0.15) is 39.0 Å². The molecule has 0 saturated carbocycles. The normalized spacial score (nSPS) is 18.5. The van der Waals surface area contributed by atoms with Crippen molar-refractivity contribution in [2.45, 2.75) is 24.4 Å². The molecule has 0 aromatic heterocycles. The minimum Gasteiger partial charge on any atom is -0.394 e. The Bertz CT molecular complexity index is 1200. The first kappa shape index (κ1) is 23.1. The standard InChI is InChI=1S/C25H20Cl2N2O4/c26-16-10-11-20(21(27)13-16)23-22(24(31)28-33)18-8-4-5-9-19(18)25(32)29(23)17(14-30)12-15-6-2-1-3-7-15/h1-11,13,17,22-23,30H,12,14H2/t17-,22-,23+/m0/s1. The highest BCUT2D eigenvalue weighted by Crippen LogP contribution is 2.46. The van der Waals surface area contributed by atoms with Gasteiger partial charge >= 0.3 is 0 Å². The summed E-state index contributed by atoms with van der Waals surface area (Å²) in [7, 11) is 0. The number of aliphatic hydroxyl groups excluding tert-OH is 1. The molecule has 1 N–H and O–H groups in total. The lowest BCUT2D eigenvalue weighted by molar-refractivity contribution is -0.121. The van der Waals surface area contributed by atoms with Gasteiger partial charge in [0.2, 0.25) is 0 Å². The zero-order chi connectivity index (χ0) is 23.5. The van der Waals surface area contributed by atoms with Gasteiger partial charge in [-0.15, -0.1) is 4.91 Å². The van der Waals surface area contributed by atoms with E-state index in [9.17, 15) is 19.6 Å². The smallest absolute Gasteiger partial charge is 0.296 e. The Morgan fingerprint density at radius 1 is 1.00 bits per heavy atom. The molecule has 0 saturated heterocycles. The second-order valence-electron chi connectivity index (χ2n) is 7.84. The Morgan fingerprint density at radius 2 is 1.70 bits per heavy atom. The maximum atomic E-state index is 13.8. The predicted molar refractivity (Wildman–Crippen MR) is 126 cm³/mol. The minimum absolute atomic E-state index is 0.241. The van der Waals surface area contributed by atoms with Crippen LogP contribution in [-0.2, 0) is 11.2 Å². The summed E-state index contributed by atoms with van der Waals surface area (Å²) in [4.78, 5) is 39.5. The van der Waals surface area contributed by atoms with Gasteiger partial charge in [-0.1, -0.05) is 77.8 Å². The molecule has 3 aromatic carbocycles. The summed E-state index contributed by atoms with van der Waals surface area (Å²) < 4.78 is 0. The second kappa shape index (κ2) is 9.83. The zero-order valence-corrected chi connectivity index (χ0v) is 18.9. The van der Waals surface area contributed by atoms with Crippen LogP contribution in [0.25, 0.3) is 0 Å². The minimum atomic E-state index is -1.08. The molecular weight excluding hydrogens is 463 g/mol. The van der Waals surface area contributed by atoms with Crippen molar-refractivity contribution in [2.75, 3.05) is 6.61 Å². The SMILES string of the molecule is O=NC(=O)[C@H]1c2ccccc2C(=O)N([C@H](CO)Cc2ccccc2)[C@@H]1c1ccc(Cl)cc1Cl. The zero-order valence-electron chi connectivity index (χ0n) is 17.4. The van der Waals surface area contributed by atoms with Crippen LogP contribution < -0.4 is 0 Å². The highest BCUT2D eigenvalue weighted by atomic mass is 35.5. The van der Waals surface area contributed by atoms with Crippen LogP contribution in [0, 0.1) is 4.91 Å². The van der Waals surface area contributed by atoms with E-state index < -0.39 is 23.9 Å². The lowest BCUT2D eigenvalue weighted by Gasteiger charge is -2.45. The fourth-order valence-electron chi connectivity index (χ4n) is 4.48. The Morgan fingerprint density at radius 3 is 2.36 bits per heavy atom. The molecule has 1 aliphatic rings. The van der Waals surface area contributed by atoms with Crippen LogP contribution in [0.3, 0.4) is 0 Å². The second-order valence-corrected chi connectivity index (χ2v) is 8.69. The molecule has 1 aliphatic heterocycles. The number of carbonyl (C=O) groups is 2. The average Bonchev–Trinajstić information content (AvgIpc) is 2.83. The molecule has 1 heterocycles. The van der Waals surface area contributed by atoms with Gasteiger partial charge in [-0.25, -0.2) is 0 Å².